The van der Waals surface area contributed by atoms with Crippen LogP contribution in [0, 0.1) is 5.82 Å². The minimum Gasteiger partial charge on any atom is -0.439 e. The lowest BCUT2D eigenvalue weighted by Gasteiger charge is -2.06. The quantitative estimate of drug-likeness (QED) is 0.558. The summed E-state index contributed by atoms with van der Waals surface area (Å²) in [6, 6.07) is 13.9. The van der Waals surface area contributed by atoms with E-state index in [9.17, 15) is 9.18 Å². The second-order valence-electron chi connectivity index (χ2n) is 5.71. The van der Waals surface area contributed by atoms with Crippen LogP contribution in [0.3, 0.4) is 0 Å². The Hall–Kier alpha value is -4.07. The van der Waals surface area contributed by atoms with Crippen LogP contribution in [0.5, 0.6) is 11.6 Å². The molecule has 0 aliphatic rings. The van der Waals surface area contributed by atoms with E-state index in [-0.39, 0.29) is 11.5 Å². The Morgan fingerprint density at radius 3 is 2.64 bits per heavy atom. The van der Waals surface area contributed by atoms with E-state index in [1.54, 1.807) is 36.7 Å². The van der Waals surface area contributed by atoms with E-state index in [1.165, 1.54) is 36.5 Å². The van der Waals surface area contributed by atoms with Gasteiger partial charge in [-0.25, -0.2) is 9.37 Å². The number of anilines is 1. The molecule has 4 rings (SSSR count). The first-order valence-electron chi connectivity index (χ1n) is 8.25. The maximum Gasteiger partial charge on any atom is 0.277 e. The summed E-state index contributed by atoms with van der Waals surface area (Å²) in [5.41, 5.74) is 1.31. The molecule has 1 aromatic carbocycles. The molecule has 0 aliphatic heterocycles. The van der Waals surface area contributed by atoms with Gasteiger partial charge in [-0.15, -0.1) is 0 Å². The van der Waals surface area contributed by atoms with Crippen LogP contribution in [-0.2, 0) is 0 Å². The van der Waals surface area contributed by atoms with E-state index in [0.29, 0.717) is 23.1 Å². The molecule has 0 aliphatic carbocycles. The van der Waals surface area contributed by atoms with Gasteiger partial charge in [-0.2, -0.15) is 0 Å². The topological polar surface area (TPSA) is 90.1 Å². The van der Waals surface area contributed by atoms with Gasteiger partial charge in [-0.05, 0) is 42.5 Å². The number of carbonyl (C=O) groups is 1. The highest BCUT2D eigenvalue weighted by Gasteiger charge is 2.14. The number of hydrogen-bond acceptors (Lipinski definition) is 6. The van der Waals surface area contributed by atoms with Crippen molar-refractivity contribution in [3.8, 4) is 23.0 Å². The van der Waals surface area contributed by atoms with E-state index in [1.807, 2.05) is 0 Å². The molecular weight excluding hydrogens is 363 g/mol. The van der Waals surface area contributed by atoms with Gasteiger partial charge >= 0.3 is 0 Å². The smallest absolute Gasteiger partial charge is 0.277 e. The van der Waals surface area contributed by atoms with Crippen LogP contribution in [0.2, 0.25) is 0 Å². The van der Waals surface area contributed by atoms with Crippen LogP contribution in [0.15, 0.2) is 77.7 Å². The monoisotopic (exact) mass is 376 g/mol. The zero-order valence-corrected chi connectivity index (χ0v) is 14.4. The molecule has 0 radical (unpaired) electrons. The lowest BCUT2D eigenvalue weighted by atomic mass is 10.2. The second-order valence-corrected chi connectivity index (χ2v) is 5.71. The van der Waals surface area contributed by atoms with E-state index < -0.39 is 5.91 Å². The van der Waals surface area contributed by atoms with Crippen LogP contribution in [-0.4, -0.2) is 21.0 Å². The second kappa shape index (κ2) is 7.67. The summed E-state index contributed by atoms with van der Waals surface area (Å²) in [6.45, 7) is 0. The zero-order valence-electron chi connectivity index (χ0n) is 14.4. The van der Waals surface area contributed by atoms with Crippen LogP contribution in [0.1, 0.15) is 10.5 Å². The molecule has 138 valence electrons. The highest BCUT2D eigenvalue weighted by Crippen LogP contribution is 2.22. The van der Waals surface area contributed by atoms with Crippen molar-refractivity contribution in [3.05, 3.63) is 84.7 Å². The number of aromatic nitrogens is 3. The molecule has 1 amide bonds. The van der Waals surface area contributed by atoms with Gasteiger partial charge in [0, 0.05) is 30.1 Å². The van der Waals surface area contributed by atoms with Crippen molar-refractivity contribution in [3.63, 3.8) is 0 Å². The summed E-state index contributed by atoms with van der Waals surface area (Å²) in [5.74, 6) is 0.423. The lowest BCUT2D eigenvalue weighted by Crippen LogP contribution is -2.12. The number of carbonyl (C=O) groups excluding carboxylic acids is 1. The fourth-order valence-electron chi connectivity index (χ4n) is 2.36. The normalized spacial score (nSPS) is 10.5. The van der Waals surface area contributed by atoms with Crippen molar-refractivity contribution in [1.29, 1.82) is 0 Å². The summed E-state index contributed by atoms with van der Waals surface area (Å²) in [6.07, 6.45) is 4.70. The third-order valence-corrected chi connectivity index (χ3v) is 3.72. The van der Waals surface area contributed by atoms with Gasteiger partial charge in [-0.3, -0.25) is 9.78 Å². The predicted molar refractivity (Wildman–Crippen MR) is 98.4 cm³/mol. The number of amides is 1. The number of ether oxygens (including phenoxy) is 1. The number of nitrogens with one attached hydrogen (secondary N) is 1. The molecule has 0 saturated carbocycles. The molecule has 28 heavy (non-hydrogen) atoms. The molecule has 4 aromatic rings. The summed E-state index contributed by atoms with van der Waals surface area (Å²) in [4.78, 5) is 20.4. The van der Waals surface area contributed by atoms with Crippen molar-refractivity contribution in [2.45, 2.75) is 0 Å². The minimum atomic E-state index is -0.437. The van der Waals surface area contributed by atoms with E-state index >= 15 is 0 Å². The molecule has 0 bridgehead atoms. The number of halogens is 1. The third kappa shape index (κ3) is 4.01. The van der Waals surface area contributed by atoms with Crippen molar-refractivity contribution in [1.82, 2.24) is 15.1 Å². The Morgan fingerprint density at radius 2 is 1.93 bits per heavy atom. The zero-order chi connectivity index (χ0) is 19.3. The van der Waals surface area contributed by atoms with Gasteiger partial charge < -0.3 is 14.6 Å². The first-order valence-corrected chi connectivity index (χ1v) is 8.25. The van der Waals surface area contributed by atoms with Crippen LogP contribution >= 0.6 is 0 Å². The van der Waals surface area contributed by atoms with Gasteiger partial charge in [0.1, 0.15) is 11.6 Å². The number of rotatable bonds is 5. The van der Waals surface area contributed by atoms with Crippen LogP contribution < -0.4 is 10.1 Å². The van der Waals surface area contributed by atoms with E-state index in [0.717, 1.165) is 5.56 Å². The lowest BCUT2D eigenvalue weighted by molar-refractivity contribution is 0.101. The maximum atomic E-state index is 12.9. The fourth-order valence-corrected chi connectivity index (χ4v) is 2.36. The number of nitrogens with zero attached hydrogens (tertiary/aromatic N) is 3. The van der Waals surface area contributed by atoms with Crippen molar-refractivity contribution < 1.29 is 18.4 Å². The SMILES string of the molecule is O=C(Nc1ccc(Oc2ccc(F)cc2)nc1)c1cc(-c2cccnc2)on1. The predicted octanol–water partition coefficient (Wildman–Crippen LogP) is 4.32. The maximum absolute atomic E-state index is 12.9. The Bertz CT molecular complexity index is 1080. The van der Waals surface area contributed by atoms with Crippen molar-refractivity contribution in [2.24, 2.45) is 0 Å². The van der Waals surface area contributed by atoms with Gasteiger partial charge in [0.05, 0.1) is 11.9 Å². The highest BCUT2D eigenvalue weighted by atomic mass is 19.1. The first-order chi connectivity index (χ1) is 13.7. The molecule has 0 spiro atoms. The fraction of sp³-hybridized carbons (Fsp3) is 0. The standard InChI is InChI=1S/C20H13FN4O3/c21-14-3-6-16(7-4-14)27-19-8-5-15(12-23-19)24-20(26)17-10-18(28-25-17)13-2-1-9-22-11-13/h1-12H,(H,24,26). The molecule has 0 saturated heterocycles. The van der Waals surface area contributed by atoms with Crippen LogP contribution in [0.25, 0.3) is 11.3 Å². The summed E-state index contributed by atoms with van der Waals surface area (Å²) in [5, 5.41) is 6.46. The molecule has 0 unspecified atom stereocenters. The largest absolute Gasteiger partial charge is 0.439 e. The summed E-state index contributed by atoms with van der Waals surface area (Å²) >= 11 is 0. The minimum absolute atomic E-state index is 0.130. The molecule has 7 nitrogen and oxygen atoms in total. The average molecular weight is 376 g/mol. The summed E-state index contributed by atoms with van der Waals surface area (Å²) < 4.78 is 23.6. The highest BCUT2D eigenvalue weighted by molar-refractivity contribution is 6.03. The Labute approximate surface area is 158 Å². The third-order valence-electron chi connectivity index (χ3n) is 3.72. The van der Waals surface area contributed by atoms with E-state index in [4.69, 9.17) is 9.26 Å². The van der Waals surface area contributed by atoms with Gasteiger partial charge in [0.15, 0.2) is 11.5 Å². The molecule has 3 heterocycles. The first kappa shape index (κ1) is 17.3. The van der Waals surface area contributed by atoms with E-state index in [2.05, 4.69) is 20.4 Å². The molecule has 0 fully saturated rings. The van der Waals surface area contributed by atoms with Gasteiger partial charge in [-0.1, -0.05) is 5.16 Å². The Balaban J connectivity index is 1.41. The van der Waals surface area contributed by atoms with Crippen molar-refractivity contribution >= 4 is 11.6 Å². The molecule has 3 aromatic heterocycles. The van der Waals surface area contributed by atoms with Gasteiger partial charge in [0.2, 0.25) is 5.88 Å². The molecule has 8 heteroatoms. The van der Waals surface area contributed by atoms with Gasteiger partial charge in [0.25, 0.3) is 5.91 Å². The Morgan fingerprint density at radius 1 is 1.07 bits per heavy atom. The molecule has 0 atom stereocenters. The van der Waals surface area contributed by atoms with Crippen LogP contribution in [0.4, 0.5) is 10.1 Å². The number of pyridine rings is 2. The van der Waals surface area contributed by atoms with Crippen molar-refractivity contribution in [2.75, 3.05) is 5.32 Å². The number of benzene rings is 1. The summed E-state index contributed by atoms with van der Waals surface area (Å²) in [7, 11) is 0. The molecule has 1 N–H and O–H groups in total. The number of hydrogen-bond donors (Lipinski definition) is 1. The molecular formula is C20H13FN4O3. The average Bonchev–Trinajstić information content (AvgIpc) is 3.22. The Kier molecular flexibility index (Phi) is 4.75.